The van der Waals surface area contributed by atoms with Crippen LogP contribution in [0.25, 0.3) is 10.1 Å². The predicted octanol–water partition coefficient (Wildman–Crippen LogP) is 5.72. The summed E-state index contributed by atoms with van der Waals surface area (Å²) >= 11 is 7.84. The van der Waals surface area contributed by atoms with Gasteiger partial charge >= 0.3 is 0 Å². The van der Waals surface area contributed by atoms with Crippen LogP contribution in [0.2, 0.25) is 5.02 Å². The predicted molar refractivity (Wildman–Crippen MR) is 107 cm³/mol. The SMILES string of the molecule is Cc1cc(N2CCCC2)ccc1NC(=O)c1sc2ccccc2c1Cl. The van der Waals surface area contributed by atoms with Crippen molar-refractivity contribution in [3.05, 3.63) is 57.9 Å². The number of carbonyl (C=O) groups excluding carboxylic acids is 1. The van der Waals surface area contributed by atoms with Crippen LogP contribution in [0.15, 0.2) is 42.5 Å². The maximum Gasteiger partial charge on any atom is 0.267 e. The van der Waals surface area contributed by atoms with Gasteiger partial charge in [0.15, 0.2) is 0 Å². The van der Waals surface area contributed by atoms with Crippen LogP contribution in [-0.4, -0.2) is 19.0 Å². The average molecular weight is 371 g/mol. The maximum absolute atomic E-state index is 12.7. The van der Waals surface area contributed by atoms with Crippen molar-refractivity contribution in [3.8, 4) is 0 Å². The van der Waals surface area contributed by atoms with Gasteiger partial charge < -0.3 is 10.2 Å². The van der Waals surface area contributed by atoms with E-state index < -0.39 is 0 Å². The largest absolute Gasteiger partial charge is 0.372 e. The van der Waals surface area contributed by atoms with Crippen LogP contribution < -0.4 is 10.2 Å². The van der Waals surface area contributed by atoms with Crippen molar-refractivity contribution in [2.75, 3.05) is 23.3 Å². The third-order valence-corrected chi connectivity index (χ3v) is 6.34. The number of aryl methyl sites for hydroxylation is 1. The minimum absolute atomic E-state index is 0.150. The number of carbonyl (C=O) groups is 1. The van der Waals surface area contributed by atoms with Gasteiger partial charge in [-0.1, -0.05) is 29.8 Å². The minimum atomic E-state index is -0.150. The molecule has 1 aromatic heterocycles. The summed E-state index contributed by atoms with van der Waals surface area (Å²) in [5, 5.41) is 4.48. The van der Waals surface area contributed by atoms with Crippen LogP contribution in [0, 0.1) is 6.92 Å². The number of halogens is 1. The lowest BCUT2D eigenvalue weighted by atomic mass is 10.1. The number of amides is 1. The average Bonchev–Trinajstić information content (AvgIpc) is 3.25. The van der Waals surface area contributed by atoms with Crippen LogP contribution in [0.4, 0.5) is 11.4 Å². The quantitative estimate of drug-likeness (QED) is 0.639. The second kappa shape index (κ2) is 6.70. The number of nitrogens with one attached hydrogen (secondary N) is 1. The van der Waals surface area contributed by atoms with Crippen molar-refractivity contribution in [2.24, 2.45) is 0 Å². The van der Waals surface area contributed by atoms with E-state index in [1.165, 1.54) is 29.9 Å². The van der Waals surface area contributed by atoms with Gasteiger partial charge in [0.05, 0.1) is 5.02 Å². The first-order valence-electron chi connectivity index (χ1n) is 8.47. The van der Waals surface area contributed by atoms with Gasteiger partial charge in [-0.3, -0.25) is 4.79 Å². The number of nitrogens with zero attached hydrogens (tertiary/aromatic N) is 1. The van der Waals surface area contributed by atoms with E-state index in [1.54, 1.807) is 0 Å². The molecule has 128 valence electrons. The van der Waals surface area contributed by atoms with Crippen LogP contribution >= 0.6 is 22.9 Å². The number of rotatable bonds is 3. The van der Waals surface area contributed by atoms with Crippen LogP contribution in [0.3, 0.4) is 0 Å². The molecule has 0 unspecified atom stereocenters. The Morgan fingerprint density at radius 3 is 2.64 bits per heavy atom. The molecule has 5 heteroatoms. The molecule has 3 aromatic rings. The normalized spacial score (nSPS) is 14.2. The molecule has 0 radical (unpaired) electrons. The molecule has 4 rings (SSSR count). The lowest BCUT2D eigenvalue weighted by molar-refractivity contribution is 0.103. The molecule has 1 aliphatic rings. The zero-order chi connectivity index (χ0) is 17.4. The number of hydrogen-bond donors (Lipinski definition) is 1. The van der Waals surface area contributed by atoms with E-state index in [1.807, 2.05) is 37.3 Å². The highest BCUT2D eigenvalue weighted by molar-refractivity contribution is 7.21. The van der Waals surface area contributed by atoms with Gasteiger partial charge in [-0.15, -0.1) is 11.3 Å². The third-order valence-electron chi connectivity index (χ3n) is 4.67. The molecule has 3 nitrogen and oxygen atoms in total. The zero-order valence-electron chi connectivity index (χ0n) is 14.0. The third kappa shape index (κ3) is 3.12. The summed E-state index contributed by atoms with van der Waals surface area (Å²) in [4.78, 5) is 15.7. The van der Waals surface area contributed by atoms with Gasteiger partial charge in [-0.2, -0.15) is 0 Å². The highest BCUT2D eigenvalue weighted by Crippen LogP contribution is 2.36. The van der Waals surface area contributed by atoms with Crippen LogP contribution in [0.5, 0.6) is 0 Å². The number of hydrogen-bond acceptors (Lipinski definition) is 3. The standard InChI is InChI=1S/C20H19ClN2OS/c1-13-12-14(23-10-4-5-11-23)8-9-16(13)22-20(24)19-18(21)15-6-2-3-7-17(15)25-19/h2-3,6-9,12H,4-5,10-11H2,1H3,(H,22,24). The molecule has 1 N–H and O–H groups in total. The summed E-state index contributed by atoms with van der Waals surface area (Å²) in [6.45, 7) is 4.26. The monoisotopic (exact) mass is 370 g/mol. The fraction of sp³-hybridized carbons (Fsp3) is 0.250. The first-order chi connectivity index (χ1) is 12.1. The van der Waals surface area contributed by atoms with Crippen molar-refractivity contribution in [1.29, 1.82) is 0 Å². The molecule has 1 fully saturated rings. The molecule has 0 atom stereocenters. The van der Waals surface area contributed by atoms with Crippen molar-refractivity contribution < 1.29 is 4.79 Å². The van der Waals surface area contributed by atoms with Crippen LogP contribution in [0.1, 0.15) is 28.1 Å². The van der Waals surface area contributed by atoms with Crippen molar-refractivity contribution in [3.63, 3.8) is 0 Å². The highest BCUT2D eigenvalue weighted by atomic mass is 35.5. The molecule has 2 aromatic carbocycles. The molecule has 1 saturated heterocycles. The second-order valence-corrected chi connectivity index (χ2v) is 7.82. The molecular formula is C20H19ClN2OS. The Hall–Kier alpha value is -2.04. The Morgan fingerprint density at radius 1 is 1.16 bits per heavy atom. The topological polar surface area (TPSA) is 32.3 Å². The molecular weight excluding hydrogens is 352 g/mol. The van der Waals surface area contributed by atoms with Gasteiger partial charge in [0.25, 0.3) is 5.91 Å². The first kappa shape index (κ1) is 16.4. The number of thiophene rings is 1. The zero-order valence-corrected chi connectivity index (χ0v) is 15.6. The maximum atomic E-state index is 12.7. The summed E-state index contributed by atoms with van der Waals surface area (Å²) in [7, 11) is 0. The van der Waals surface area contributed by atoms with E-state index in [-0.39, 0.29) is 5.91 Å². The molecule has 1 amide bonds. The van der Waals surface area contributed by atoms with E-state index >= 15 is 0 Å². The number of fused-ring (bicyclic) bond motifs is 1. The van der Waals surface area contributed by atoms with Crippen LogP contribution in [-0.2, 0) is 0 Å². The minimum Gasteiger partial charge on any atom is -0.372 e. The smallest absolute Gasteiger partial charge is 0.267 e. The lowest BCUT2D eigenvalue weighted by Crippen LogP contribution is -2.18. The summed E-state index contributed by atoms with van der Waals surface area (Å²) in [6, 6.07) is 14.0. The van der Waals surface area contributed by atoms with Crippen molar-refractivity contribution in [1.82, 2.24) is 0 Å². The Labute approximate surface area is 156 Å². The van der Waals surface area contributed by atoms with Gasteiger partial charge in [0, 0.05) is 34.6 Å². The Balaban J connectivity index is 1.58. The Kier molecular flexibility index (Phi) is 4.40. The van der Waals surface area contributed by atoms with Gasteiger partial charge in [0.1, 0.15) is 4.88 Å². The number of benzene rings is 2. The van der Waals surface area contributed by atoms with Crippen molar-refractivity contribution in [2.45, 2.75) is 19.8 Å². The molecule has 2 heterocycles. The molecule has 0 bridgehead atoms. The number of anilines is 2. The summed E-state index contributed by atoms with van der Waals surface area (Å²) < 4.78 is 1.03. The Morgan fingerprint density at radius 2 is 1.92 bits per heavy atom. The first-order valence-corrected chi connectivity index (χ1v) is 9.67. The molecule has 25 heavy (non-hydrogen) atoms. The molecule has 0 aliphatic carbocycles. The molecule has 0 spiro atoms. The van der Waals surface area contributed by atoms with E-state index in [2.05, 4.69) is 22.3 Å². The molecule has 0 saturated carbocycles. The second-order valence-electron chi connectivity index (χ2n) is 6.39. The Bertz CT molecular complexity index is 944. The van der Waals surface area contributed by atoms with E-state index in [4.69, 9.17) is 11.6 Å². The summed E-state index contributed by atoms with van der Waals surface area (Å²) in [5.41, 5.74) is 3.13. The summed E-state index contributed by atoms with van der Waals surface area (Å²) in [5.74, 6) is -0.150. The summed E-state index contributed by atoms with van der Waals surface area (Å²) in [6.07, 6.45) is 2.50. The highest BCUT2D eigenvalue weighted by Gasteiger charge is 2.18. The van der Waals surface area contributed by atoms with Gasteiger partial charge in [-0.05, 0) is 49.6 Å². The lowest BCUT2D eigenvalue weighted by Gasteiger charge is -2.19. The van der Waals surface area contributed by atoms with E-state index in [0.717, 1.165) is 34.4 Å². The van der Waals surface area contributed by atoms with E-state index in [9.17, 15) is 4.79 Å². The van der Waals surface area contributed by atoms with Gasteiger partial charge in [-0.25, -0.2) is 0 Å². The fourth-order valence-corrected chi connectivity index (χ4v) is 4.71. The van der Waals surface area contributed by atoms with Gasteiger partial charge in [0.2, 0.25) is 0 Å². The van der Waals surface area contributed by atoms with E-state index in [0.29, 0.717) is 9.90 Å². The van der Waals surface area contributed by atoms with Crippen molar-refractivity contribution >= 4 is 50.3 Å². The fourth-order valence-electron chi connectivity index (χ4n) is 3.30. The molecule has 1 aliphatic heterocycles.